The quantitative estimate of drug-likeness (QED) is 0.793. The Morgan fingerprint density at radius 3 is 2.71 bits per heavy atom. The van der Waals surface area contributed by atoms with E-state index in [1.807, 2.05) is 42.3 Å². The van der Waals surface area contributed by atoms with Crippen LogP contribution in [0.5, 0.6) is 0 Å². The highest BCUT2D eigenvalue weighted by Crippen LogP contribution is 2.23. The normalized spacial score (nSPS) is 21.4. The molecule has 0 amide bonds. The lowest BCUT2D eigenvalue weighted by molar-refractivity contribution is -0.146. The van der Waals surface area contributed by atoms with Gasteiger partial charge in [0.05, 0.1) is 6.10 Å². The minimum atomic E-state index is -1.10. The van der Waals surface area contributed by atoms with Crippen molar-refractivity contribution in [3.63, 3.8) is 0 Å². The fourth-order valence-electron chi connectivity index (χ4n) is 2.94. The maximum Gasteiger partial charge on any atom is 0.329 e. The molecule has 21 heavy (non-hydrogen) atoms. The first-order valence-corrected chi connectivity index (χ1v) is 7.36. The van der Waals surface area contributed by atoms with Crippen molar-refractivity contribution in [3.05, 3.63) is 35.9 Å². The van der Waals surface area contributed by atoms with Crippen molar-refractivity contribution in [2.24, 2.45) is 0 Å². The summed E-state index contributed by atoms with van der Waals surface area (Å²) in [6.07, 6.45) is 2.36. The zero-order valence-electron chi connectivity index (χ0n) is 12.7. The second kappa shape index (κ2) is 7.02. The number of hydrogen-bond acceptors (Lipinski definition) is 4. The second-order valence-electron chi connectivity index (χ2n) is 5.66. The Hall–Kier alpha value is -1.43. The molecular weight excluding hydrogens is 268 g/mol. The van der Waals surface area contributed by atoms with Crippen LogP contribution < -0.4 is 5.32 Å². The minimum absolute atomic E-state index is 0.217. The largest absolute Gasteiger partial charge is 0.480 e. The van der Waals surface area contributed by atoms with Crippen molar-refractivity contribution in [2.75, 3.05) is 33.8 Å². The zero-order chi connectivity index (χ0) is 15.3. The molecule has 1 aliphatic heterocycles. The van der Waals surface area contributed by atoms with E-state index in [1.54, 1.807) is 7.05 Å². The van der Waals surface area contributed by atoms with E-state index in [0.717, 1.165) is 31.6 Å². The minimum Gasteiger partial charge on any atom is -0.480 e. The van der Waals surface area contributed by atoms with Gasteiger partial charge in [0, 0.05) is 19.7 Å². The number of carboxylic acid groups (broad SMARTS) is 1. The second-order valence-corrected chi connectivity index (χ2v) is 5.66. The van der Waals surface area contributed by atoms with Gasteiger partial charge in [-0.15, -0.1) is 0 Å². The lowest BCUT2D eigenvalue weighted by atomic mass is 9.89. The van der Waals surface area contributed by atoms with Crippen LogP contribution in [0, 0.1) is 0 Å². The Labute approximate surface area is 125 Å². The molecule has 0 saturated carbocycles. The Morgan fingerprint density at radius 1 is 1.48 bits per heavy atom. The summed E-state index contributed by atoms with van der Waals surface area (Å²) in [6.45, 7) is 1.96. The Balaban J connectivity index is 2.14. The van der Waals surface area contributed by atoms with Crippen LogP contribution in [0.15, 0.2) is 30.3 Å². The Morgan fingerprint density at radius 2 is 2.19 bits per heavy atom. The number of carboxylic acids is 1. The molecule has 0 aromatic heterocycles. The summed E-state index contributed by atoms with van der Waals surface area (Å²) in [5.41, 5.74) is -0.339. The Kier molecular flexibility index (Phi) is 5.33. The summed E-state index contributed by atoms with van der Waals surface area (Å²) in [5, 5.41) is 12.8. The molecule has 2 N–H and O–H groups in total. The van der Waals surface area contributed by atoms with Gasteiger partial charge in [0.25, 0.3) is 0 Å². The lowest BCUT2D eigenvalue weighted by Gasteiger charge is -2.34. The maximum absolute atomic E-state index is 11.9. The zero-order valence-corrected chi connectivity index (χ0v) is 12.7. The molecule has 0 aliphatic carbocycles. The molecule has 0 bridgehead atoms. The van der Waals surface area contributed by atoms with E-state index in [9.17, 15) is 9.90 Å². The highest BCUT2D eigenvalue weighted by Gasteiger charge is 2.40. The van der Waals surface area contributed by atoms with Gasteiger partial charge in [-0.25, -0.2) is 4.79 Å². The molecule has 1 aliphatic rings. The molecule has 5 heteroatoms. The SMILES string of the molecule is CNC(CN(C)CC1CCCO1)(C(=O)O)c1ccccc1. The van der Waals surface area contributed by atoms with E-state index in [4.69, 9.17) is 4.74 Å². The van der Waals surface area contributed by atoms with Crippen molar-refractivity contribution >= 4 is 5.97 Å². The van der Waals surface area contributed by atoms with Crippen molar-refractivity contribution in [2.45, 2.75) is 24.5 Å². The number of rotatable bonds is 7. The lowest BCUT2D eigenvalue weighted by Crippen LogP contribution is -2.55. The topological polar surface area (TPSA) is 61.8 Å². The molecule has 0 spiro atoms. The van der Waals surface area contributed by atoms with Crippen LogP contribution in [-0.4, -0.2) is 55.9 Å². The van der Waals surface area contributed by atoms with Crippen molar-refractivity contribution in [1.29, 1.82) is 0 Å². The highest BCUT2D eigenvalue weighted by molar-refractivity contribution is 5.81. The van der Waals surface area contributed by atoms with Crippen molar-refractivity contribution in [3.8, 4) is 0 Å². The first-order chi connectivity index (χ1) is 10.1. The van der Waals surface area contributed by atoms with Gasteiger partial charge in [-0.2, -0.15) is 0 Å². The molecule has 1 fully saturated rings. The van der Waals surface area contributed by atoms with Crippen LogP contribution in [0.2, 0.25) is 0 Å². The maximum atomic E-state index is 11.9. The summed E-state index contributed by atoms with van der Waals surface area (Å²) >= 11 is 0. The summed E-state index contributed by atoms with van der Waals surface area (Å²) < 4.78 is 5.63. The van der Waals surface area contributed by atoms with E-state index in [0.29, 0.717) is 6.54 Å². The molecule has 2 atom stereocenters. The standard InChI is InChI=1S/C16H24N2O3/c1-17-16(15(19)20,13-7-4-3-5-8-13)12-18(2)11-14-9-6-10-21-14/h3-5,7-8,14,17H,6,9-12H2,1-2H3,(H,19,20). The third kappa shape index (κ3) is 3.61. The Bertz CT molecular complexity index is 460. The van der Waals surface area contributed by atoms with Gasteiger partial charge < -0.3 is 20.1 Å². The molecule has 1 aromatic carbocycles. The number of nitrogens with one attached hydrogen (secondary N) is 1. The van der Waals surface area contributed by atoms with E-state index >= 15 is 0 Å². The van der Waals surface area contributed by atoms with Gasteiger partial charge >= 0.3 is 5.97 Å². The smallest absolute Gasteiger partial charge is 0.329 e. The number of nitrogens with zero attached hydrogens (tertiary/aromatic N) is 1. The average Bonchev–Trinajstić information content (AvgIpc) is 2.98. The number of aliphatic carboxylic acids is 1. The van der Waals surface area contributed by atoms with E-state index in [2.05, 4.69) is 5.32 Å². The molecule has 0 radical (unpaired) electrons. The third-order valence-electron chi connectivity index (χ3n) is 4.10. The highest BCUT2D eigenvalue weighted by atomic mass is 16.5. The van der Waals surface area contributed by atoms with Crippen LogP contribution in [0.25, 0.3) is 0 Å². The third-order valence-corrected chi connectivity index (χ3v) is 4.10. The van der Waals surface area contributed by atoms with Gasteiger partial charge in [0.1, 0.15) is 0 Å². The van der Waals surface area contributed by atoms with Gasteiger partial charge in [-0.1, -0.05) is 30.3 Å². The van der Waals surface area contributed by atoms with E-state index in [-0.39, 0.29) is 6.10 Å². The molecule has 1 heterocycles. The number of ether oxygens (including phenoxy) is 1. The number of benzene rings is 1. The molecule has 2 rings (SSSR count). The molecule has 2 unspecified atom stereocenters. The van der Waals surface area contributed by atoms with Gasteiger partial charge in [-0.3, -0.25) is 0 Å². The van der Waals surface area contributed by atoms with Crippen LogP contribution in [-0.2, 0) is 15.1 Å². The number of carbonyl (C=O) groups is 1. The van der Waals surface area contributed by atoms with Crippen LogP contribution in [0.4, 0.5) is 0 Å². The first-order valence-electron chi connectivity index (χ1n) is 7.36. The van der Waals surface area contributed by atoms with Crippen LogP contribution >= 0.6 is 0 Å². The van der Waals surface area contributed by atoms with Crippen molar-refractivity contribution in [1.82, 2.24) is 10.2 Å². The predicted octanol–water partition coefficient (Wildman–Crippen LogP) is 1.30. The van der Waals surface area contributed by atoms with Crippen LogP contribution in [0.1, 0.15) is 18.4 Å². The van der Waals surface area contributed by atoms with Crippen LogP contribution in [0.3, 0.4) is 0 Å². The predicted molar refractivity (Wildman–Crippen MR) is 81.3 cm³/mol. The molecular formula is C16H24N2O3. The van der Waals surface area contributed by atoms with E-state index < -0.39 is 11.5 Å². The van der Waals surface area contributed by atoms with Gasteiger partial charge in [-0.05, 0) is 32.5 Å². The number of hydrogen-bond donors (Lipinski definition) is 2. The first kappa shape index (κ1) is 15.9. The summed E-state index contributed by atoms with van der Waals surface area (Å²) in [7, 11) is 3.64. The number of likely N-dealkylation sites (N-methyl/N-ethyl adjacent to an activating group) is 2. The summed E-state index contributed by atoms with van der Waals surface area (Å²) in [5.74, 6) is -0.865. The summed E-state index contributed by atoms with van der Waals surface area (Å²) in [6, 6.07) is 9.33. The monoisotopic (exact) mass is 292 g/mol. The van der Waals surface area contributed by atoms with E-state index in [1.165, 1.54) is 0 Å². The fourth-order valence-corrected chi connectivity index (χ4v) is 2.94. The summed E-state index contributed by atoms with van der Waals surface area (Å²) in [4.78, 5) is 13.9. The molecule has 1 saturated heterocycles. The van der Waals surface area contributed by atoms with Gasteiger partial charge in [0.2, 0.25) is 0 Å². The average molecular weight is 292 g/mol. The molecule has 5 nitrogen and oxygen atoms in total. The molecule has 1 aromatic rings. The van der Waals surface area contributed by atoms with Crippen molar-refractivity contribution < 1.29 is 14.6 Å². The van der Waals surface area contributed by atoms with Gasteiger partial charge in [0.15, 0.2) is 5.54 Å². The fraction of sp³-hybridized carbons (Fsp3) is 0.562. The molecule has 116 valence electrons.